The Morgan fingerprint density at radius 1 is 1.23 bits per heavy atom. The molecular weight excluding hydrogens is 176 g/mol. The smallest absolute Gasteiger partial charge is 0.320 e. The molecule has 0 aliphatic carbocycles. The van der Waals surface area contributed by atoms with E-state index in [1.165, 1.54) is 6.92 Å². The van der Waals surface area contributed by atoms with Gasteiger partial charge >= 0.3 is 11.9 Å². The standard InChI is InChI=1S/C4H9NO2.C3H7NO2/c1-2-3(5)4(6)7;1-2(4)3(5)6/h3H,2,5H2,1H3,(H,6,7);2H,4H2,1H3,(H,5,6)/t3-;2-/m00/s1. The summed E-state index contributed by atoms with van der Waals surface area (Å²) in [7, 11) is 0. The second-order valence-corrected chi connectivity index (χ2v) is 2.48. The third-order valence-electron chi connectivity index (χ3n) is 1.15. The van der Waals surface area contributed by atoms with Gasteiger partial charge in [0, 0.05) is 0 Å². The first-order valence-corrected chi connectivity index (χ1v) is 3.79. The van der Waals surface area contributed by atoms with Gasteiger partial charge in [0.15, 0.2) is 0 Å². The van der Waals surface area contributed by atoms with Crippen molar-refractivity contribution in [1.29, 1.82) is 0 Å². The normalized spacial score (nSPS) is 13.5. The molecule has 0 aromatic rings. The van der Waals surface area contributed by atoms with Crippen molar-refractivity contribution >= 4 is 11.9 Å². The van der Waals surface area contributed by atoms with Crippen molar-refractivity contribution in [2.75, 3.05) is 0 Å². The van der Waals surface area contributed by atoms with Gasteiger partial charge in [0.1, 0.15) is 12.1 Å². The molecule has 78 valence electrons. The molecule has 0 saturated heterocycles. The van der Waals surface area contributed by atoms with E-state index in [0.29, 0.717) is 6.42 Å². The second-order valence-electron chi connectivity index (χ2n) is 2.48. The van der Waals surface area contributed by atoms with E-state index in [4.69, 9.17) is 21.7 Å². The number of aliphatic carboxylic acids is 2. The van der Waals surface area contributed by atoms with E-state index in [0.717, 1.165) is 0 Å². The van der Waals surface area contributed by atoms with Crippen LogP contribution in [0.5, 0.6) is 0 Å². The van der Waals surface area contributed by atoms with Crippen molar-refractivity contribution in [3.8, 4) is 0 Å². The largest absolute Gasteiger partial charge is 0.480 e. The summed E-state index contributed by atoms with van der Waals surface area (Å²) in [6, 6.07) is -1.41. The van der Waals surface area contributed by atoms with Crippen LogP contribution in [0.25, 0.3) is 0 Å². The molecule has 0 aliphatic heterocycles. The molecule has 2 atom stereocenters. The summed E-state index contributed by atoms with van der Waals surface area (Å²) in [6.45, 7) is 3.15. The molecule has 0 spiro atoms. The van der Waals surface area contributed by atoms with Gasteiger partial charge in [-0.05, 0) is 13.3 Å². The van der Waals surface area contributed by atoms with Crippen LogP contribution in [0.4, 0.5) is 0 Å². The summed E-state index contributed by atoms with van der Waals surface area (Å²) in [5.74, 6) is -1.89. The first-order chi connectivity index (χ1) is 5.82. The van der Waals surface area contributed by atoms with E-state index in [-0.39, 0.29) is 0 Å². The molecule has 0 unspecified atom stereocenters. The maximum absolute atomic E-state index is 9.81. The average Bonchev–Trinajstić information content (AvgIpc) is 2.03. The van der Waals surface area contributed by atoms with Gasteiger partial charge < -0.3 is 21.7 Å². The zero-order chi connectivity index (χ0) is 11.0. The highest BCUT2D eigenvalue weighted by Gasteiger charge is 2.05. The van der Waals surface area contributed by atoms with Gasteiger partial charge in [-0.1, -0.05) is 6.92 Å². The van der Waals surface area contributed by atoms with Gasteiger partial charge in [-0.25, -0.2) is 0 Å². The van der Waals surface area contributed by atoms with Crippen molar-refractivity contribution in [3.63, 3.8) is 0 Å². The molecule has 6 N–H and O–H groups in total. The molecular formula is C7H16N2O4. The van der Waals surface area contributed by atoms with Crippen LogP contribution in [-0.4, -0.2) is 34.2 Å². The average molecular weight is 192 g/mol. The Hall–Kier alpha value is -1.14. The lowest BCUT2D eigenvalue weighted by atomic mass is 10.2. The van der Waals surface area contributed by atoms with Crippen molar-refractivity contribution in [3.05, 3.63) is 0 Å². The van der Waals surface area contributed by atoms with Crippen LogP contribution in [0.15, 0.2) is 0 Å². The van der Waals surface area contributed by atoms with E-state index >= 15 is 0 Å². The topological polar surface area (TPSA) is 127 Å². The predicted octanol–water partition coefficient (Wildman–Crippen LogP) is -0.773. The summed E-state index contributed by atoms with van der Waals surface area (Å²) in [5, 5.41) is 15.9. The Kier molecular flexibility index (Phi) is 8.31. The van der Waals surface area contributed by atoms with Gasteiger partial charge in [0.05, 0.1) is 0 Å². The summed E-state index contributed by atoms with van der Waals surface area (Å²) in [5.41, 5.74) is 9.85. The summed E-state index contributed by atoms with van der Waals surface area (Å²) in [4.78, 5) is 19.4. The fraction of sp³-hybridized carbons (Fsp3) is 0.714. The quantitative estimate of drug-likeness (QED) is 0.465. The molecule has 0 aromatic carbocycles. The van der Waals surface area contributed by atoms with Crippen LogP contribution in [0, 0.1) is 0 Å². The number of nitrogens with two attached hydrogens (primary N) is 2. The van der Waals surface area contributed by atoms with Gasteiger partial charge in [-0.2, -0.15) is 0 Å². The minimum atomic E-state index is -0.963. The minimum Gasteiger partial charge on any atom is -0.480 e. The molecule has 0 radical (unpaired) electrons. The summed E-state index contributed by atoms with van der Waals surface area (Å²) in [6.07, 6.45) is 0.495. The van der Waals surface area contributed by atoms with Gasteiger partial charge in [-0.3, -0.25) is 9.59 Å². The van der Waals surface area contributed by atoms with E-state index in [1.807, 2.05) is 0 Å². The maximum atomic E-state index is 9.81. The lowest BCUT2D eigenvalue weighted by molar-refractivity contribution is -0.139. The lowest BCUT2D eigenvalue weighted by Gasteiger charge is -1.97. The van der Waals surface area contributed by atoms with E-state index in [1.54, 1.807) is 6.92 Å². The zero-order valence-electron chi connectivity index (χ0n) is 7.73. The Morgan fingerprint density at radius 3 is 1.54 bits per heavy atom. The fourth-order valence-electron chi connectivity index (χ4n) is 0.175. The summed E-state index contributed by atoms with van der Waals surface area (Å²) >= 11 is 0. The van der Waals surface area contributed by atoms with E-state index < -0.39 is 24.0 Å². The molecule has 0 heterocycles. The first-order valence-electron chi connectivity index (χ1n) is 3.79. The van der Waals surface area contributed by atoms with Crippen molar-refractivity contribution < 1.29 is 19.8 Å². The number of rotatable bonds is 3. The molecule has 0 rings (SSSR count). The molecule has 0 bridgehead atoms. The third-order valence-corrected chi connectivity index (χ3v) is 1.15. The van der Waals surface area contributed by atoms with Crippen molar-refractivity contribution in [2.24, 2.45) is 11.5 Å². The highest BCUT2D eigenvalue weighted by molar-refractivity contribution is 5.73. The Morgan fingerprint density at radius 2 is 1.54 bits per heavy atom. The molecule has 0 amide bonds. The minimum absolute atomic E-state index is 0.495. The van der Waals surface area contributed by atoms with Gasteiger partial charge in [0.25, 0.3) is 0 Å². The number of hydrogen-bond acceptors (Lipinski definition) is 4. The van der Waals surface area contributed by atoms with Crippen molar-refractivity contribution in [2.45, 2.75) is 32.4 Å². The number of carboxylic acids is 2. The van der Waals surface area contributed by atoms with Crippen LogP contribution in [0.1, 0.15) is 20.3 Å². The molecule has 6 nitrogen and oxygen atoms in total. The predicted molar refractivity (Wildman–Crippen MR) is 47.2 cm³/mol. The first kappa shape index (κ1) is 14.4. The van der Waals surface area contributed by atoms with Crippen LogP contribution >= 0.6 is 0 Å². The van der Waals surface area contributed by atoms with Crippen LogP contribution in [0.3, 0.4) is 0 Å². The third kappa shape index (κ3) is 10.9. The summed E-state index contributed by atoms with van der Waals surface area (Å²) < 4.78 is 0. The second kappa shape index (κ2) is 7.51. The Bertz CT molecular complexity index is 170. The number of carbonyl (C=O) groups is 2. The maximum Gasteiger partial charge on any atom is 0.320 e. The Balaban J connectivity index is 0. The monoisotopic (exact) mass is 192 g/mol. The highest BCUT2D eigenvalue weighted by atomic mass is 16.4. The molecule has 13 heavy (non-hydrogen) atoms. The van der Waals surface area contributed by atoms with Crippen LogP contribution in [-0.2, 0) is 9.59 Å². The van der Waals surface area contributed by atoms with Gasteiger partial charge in [-0.15, -0.1) is 0 Å². The number of carboxylic acid groups (broad SMARTS) is 2. The number of hydrogen-bond donors (Lipinski definition) is 4. The lowest BCUT2D eigenvalue weighted by Crippen LogP contribution is -2.28. The SMILES string of the molecule is CC[C@H](N)C(=O)O.C[C@H](N)C(=O)O. The molecule has 0 aliphatic rings. The van der Waals surface area contributed by atoms with Crippen LogP contribution in [0.2, 0.25) is 0 Å². The zero-order valence-corrected chi connectivity index (χ0v) is 7.73. The molecule has 0 fully saturated rings. The van der Waals surface area contributed by atoms with E-state index in [2.05, 4.69) is 0 Å². The fourth-order valence-corrected chi connectivity index (χ4v) is 0.175. The highest BCUT2D eigenvalue weighted by Crippen LogP contribution is 1.82. The molecule has 0 aromatic heterocycles. The van der Waals surface area contributed by atoms with Gasteiger partial charge in [0.2, 0.25) is 0 Å². The van der Waals surface area contributed by atoms with Crippen LogP contribution < -0.4 is 11.5 Å². The molecule has 0 saturated carbocycles. The Labute approximate surface area is 76.5 Å². The van der Waals surface area contributed by atoms with E-state index in [9.17, 15) is 9.59 Å². The van der Waals surface area contributed by atoms with Crippen molar-refractivity contribution in [1.82, 2.24) is 0 Å². The molecule has 6 heteroatoms.